The minimum absolute atomic E-state index is 0.0239. The summed E-state index contributed by atoms with van der Waals surface area (Å²) >= 11 is 0. The van der Waals surface area contributed by atoms with Gasteiger partial charge in [0.25, 0.3) is 5.91 Å². The number of nitrogens with zero attached hydrogens (tertiary/aromatic N) is 1. The number of amides is 1. The predicted molar refractivity (Wildman–Crippen MR) is 69.7 cm³/mol. The smallest absolute Gasteiger partial charge is 0.404 e. The van der Waals surface area contributed by atoms with Gasteiger partial charge < -0.3 is 15.8 Å². The maximum absolute atomic E-state index is 12.3. The number of carbonyl (C=O) groups is 1. The Labute approximate surface area is 117 Å². The molecule has 0 aliphatic carbocycles. The van der Waals surface area contributed by atoms with E-state index in [1.54, 1.807) is 0 Å². The first-order chi connectivity index (χ1) is 9.87. The number of hydrogen-bond acceptors (Lipinski definition) is 4. The topological polar surface area (TPSA) is 77.2 Å². The lowest BCUT2D eigenvalue weighted by molar-refractivity contribution is -0.274. The van der Waals surface area contributed by atoms with Crippen molar-refractivity contribution >= 4 is 17.4 Å². The van der Waals surface area contributed by atoms with E-state index in [0.29, 0.717) is 0 Å². The highest BCUT2D eigenvalue weighted by atomic mass is 19.4. The van der Waals surface area contributed by atoms with Crippen molar-refractivity contribution in [3.05, 3.63) is 48.2 Å². The number of rotatable bonds is 3. The molecule has 2 rings (SSSR count). The number of ether oxygens (including phenoxy) is 1. The van der Waals surface area contributed by atoms with Gasteiger partial charge in [0.05, 0.1) is 11.3 Å². The van der Waals surface area contributed by atoms with Crippen molar-refractivity contribution in [3.63, 3.8) is 0 Å². The molecule has 1 heterocycles. The summed E-state index contributed by atoms with van der Waals surface area (Å²) in [7, 11) is 0. The Morgan fingerprint density at radius 3 is 2.57 bits per heavy atom. The van der Waals surface area contributed by atoms with Gasteiger partial charge >= 0.3 is 6.36 Å². The molecule has 5 nitrogen and oxygen atoms in total. The molecule has 0 atom stereocenters. The zero-order valence-electron chi connectivity index (χ0n) is 10.5. The van der Waals surface area contributed by atoms with E-state index in [9.17, 15) is 18.0 Å². The van der Waals surface area contributed by atoms with Crippen LogP contribution < -0.4 is 15.8 Å². The summed E-state index contributed by atoms with van der Waals surface area (Å²) in [5.74, 6) is -1.22. The van der Waals surface area contributed by atoms with Crippen LogP contribution in [0.5, 0.6) is 5.75 Å². The molecule has 1 aromatic carbocycles. The number of nitrogen functional groups attached to an aromatic ring is 1. The second-order valence-corrected chi connectivity index (χ2v) is 3.93. The van der Waals surface area contributed by atoms with Crippen LogP contribution in [0, 0.1) is 0 Å². The first-order valence-corrected chi connectivity index (χ1v) is 5.73. The van der Waals surface area contributed by atoms with E-state index in [1.807, 2.05) is 0 Å². The first kappa shape index (κ1) is 14.6. The van der Waals surface area contributed by atoms with Crippen molar-refractivity contribution in [3.8, 4) is 5.75 Å². The zero-order chi connectivity index (χ0) is 15.5. The van der Waals surface area contributed by atoms with Gasteiger partial charge in [0.15, 0.2) is 5.75 Å². The molecule has 0 saturated carbocycles. The third kappa shape index (κ3) is 3.85. The van der Waals surface area contributed by atoms with E-state index in [-0.39, 0.29) is 17.1 Å². The third-order valence-electron chi connectivity index (χ3n) is 2.44. The summed E-state index contributed by atoms with van der Waals surface area (Å²) in [5, 5.41) is 2.31. The maximum Gasteiger partial charge on any atom is 0.573 e. The number of para-hydroxylation sites is 2. The van der Waals surface area contributed by atoms with Crippen LogP contribution in [-0.2, 0) is 0 Å². The summed E-state index contributed by atoms with van der Waals surface area (Å²) in [6.45, 7) is 0. The number of pyridine rings is 1. The molecule has 0 saturated heterocycles. The van der Waals surface area contributed by atoms with Gasteiger partial charge in [-0.25, -0.2) is 4.98 Å². The van der Waals surface area contributed by atoms with Crippen LogP contribution in [-0.4, -0.2) is 17.3 Å². The number of nitrogens with two attached hydrogens (primary N) is 1. The molecule has 0 aliphatic rings. The number of aromatic nitrogens is 1. The van der Waals surface area contributed by atoms with Crippen LogP contribution in [0.2, 0.25) is 0 Å². The molecule has 0 aliphatic heterocycles. The highest BCUT2D eigenvalue weighted by molar-refractivity contribution is 6.07. The Morgan fingerprint density at radius 2 is 1.90 bits per heavy atom. The highest BCUT2D eigenvalue weighted by Crippen LogP contribution is 2.30. The van der Waals surface area contributed by atoms with Gasteiger partial charge in [-0.2, -0.15) is 0 Å². The molecule has 0 unspecified atom stereocenters. The van der Waals surface area contributed by atoms with Gasteiger partial charge in [-0.1, -0.05) is 12.1 Å². The van der Waals surface area contributed by atoms with Gasteiger partial charge in [-0.15, -0.1) is 13.2 Å². The van der Waals surface area contributed by atoms with Crippen LogP contribution in [0.15, 0.2) is 42.6 Å². The maximum atomic E-state index is 12.3. The lowest BCUT2D eigenvalue weighted by Gasteiger charge is -2.14. The van der Waals surface area contributed by atoms with Gasteiger partial charge in [0.2, 0.25) is 0 Å². The van der Waals surface area contributed by atoms with Crippen molar-refractivity contribution in [2.75, 3.05) is 11.1 Å². The number of carbonyl (C=O) groups excluding carboxylic acids is 1. The normalized spacial score (nSPS) is 11.0. The highest BCUT2D eigenvalue weighted by Gasteiger charge is 2.32. The zero-order valence-corrected chi connectivity index (χ0v) is 10.5. The summed E-state index contributed by atoms with van der Waals surface area (Å²) in [4.78, 5) is 15.7. The van der Waals surface area contributed by atoms with E-state index in [4.69, 9.17) is 5.73 Å². The fourth-order valence-electron chi connectivity index (χ4n) is 1.58. The fraction of sp³-hybridized carbons (Fsp3) is 0.0769. The molecule has 110 valence electrons. The Balaban J connectivity index is 2.24. The molecule has 0 radical (unpaired) electrons. The van der Waals surface area contributed by atoms with Crippen molar-refractivity contribution < 1.29 is 22.7 Å². The molecule has 21 heavy (non-hydrogen) atoms. The van der Waals surface area contributed by atoms with Crippen molar-refractivity contribution in [2.24, 2.45) is 0 Å². The largest absolute Gasteiger partial charge is 0.573 e. The lowest BCUT2D eigenvalue weighted by atomic mass is 10.2. The van der Waals surface area contributed by atoms with Crippen LogP contribution in [0.25, 0.3) is 0 Å². The average Bonchev–Trinajstić information content (AvgIpc) is 2.40. The fourth-order valence-corrected chi connectivity index (χ4v) is 1.58. The Hall–Kier alpha value is -2.77. The second-order valence-electron chi connectivity index (χ2n) is 3.93. The number of alkyl halides is 3. The monoisotopic (exact) mass is 297 g/mol. The summed E-state index contributed by atoms with van der Waals surface area (Å²) in [6, 6.07) is 8.09. The number of hydrogen-bond donors (Lipinski definition) is 2. The van der Waals surface area contributed by atoms with E-state index in [0.717, 1.165) is 6.07 Å². The SMILES string of the molecule is Nc1ncccc1C(=O)Nc1ccccc1OC(F)(F)F. The van der Waals surface area contributed by atoms with E-state index < -0.39 is 18.0 Å². The number of benzene rings is 1. The van der Waals surface area contributed by atoms with Crippen LogP contribution in [0.3, 0.4) is 0 Å². The molecular formula is C13H10F3N3O2. The standard InChI is InChI=1S/C13H10F3N3O2/c14-13(15,16)21-10-6-2-1-5-9(10)19-12(20)8-4-3-7-18-11(8)17/h1-7H,(H2,17,18)(H,19,20). The Bertz CT molecular complexity index is 659. The number of anilines is 2. The molecule has 1 aromatic heterocycles. The summed E-state index contributed by atoms with van der Waals surface area (Å²) in [6.07, 6.45) is -3.46. The number of nitrogens with one attached hydrogen (secondary N) is 1. The minimum Gasteiger partial charge on any atom is -0.404 e. The van der Waals surface area contributed by atoms with Gasteiger partial charge in [-0.3, -0.25) is 4.79 Å². The molecule has 0 fully saturated rings. The Kier molecular flexibility index (Phi) is 3.97. The predicted octanol–water partition coefficient (Wildman–Crippen LogP) is 2.81. The second kappa shape index (κ2) is 5.70. The molecule has 0 spiro atoms. The average molecular weight is 297 g/mol. The molecule has 2 aromatic rings. The molecule has 3 N–H and O–H groups in total. The molecular weight excluding hydrogens is 287 g/mol. The van der Waals surface area contributed by atoms with Crippen LogP contribution >= 0.6 is 0 Å². The van der Waals surface area contributed by atoms with Crippen LogP contribution in [0.4, 0.5) is 24.7 Å². The quantitative estimate of drug-likeness (QED) is 0.913. The van der Waals surface area contributed by atoms with Crippen LogP contribution in [0.1, 0.15) is 10.4 Å². The first-order valence-electron chi connectivity index (χ1n) is 5.73. The van der Waals surface area contributed by atoms with Crippen molar-refractivity contribution in [1.29, 1.82) is 0 Å². The number of halogens is 3. The van der Waals surface area contributed by atoms with Gasteiger partial charge in [0.1, 0.15) is 5.82 Å². The molecule has 8 heteroatoms. The van der Waals surface area contributed by atoms with Crippen molar-refractivity contribution in [1.82, 2.24) is 4.98 Å². The molecule has 1 amide bonds. The van der Waals surface area contributed by atoms with Gasteiger partial charge in [0, 0.05) is 6.20 Å². The van der Waals surface area contributed by atoms with E-state index in [2.05, 4.69) is 15.0 Å². The Morgan fingerprint density at radius 1 is 1.19 bits per heavy atom. The van der Waals surface area contributed by atoms with E-state index in [1.165, 1.54) is 36.5 Å². The summed E-state index contributed by atoms with van der Waals surface area (Å²) in [5.41, 5.74) is 5.46. The minimum atomic E-state index is -4.85. The lowest BCUT2D eigenvalue weighted by Crippen LogP contribution is -2.20. The van der Waals surface area contributed by atoms with Crippen molar-refractivity contribution in [2.45, 2.75) is 6.36 Å². The van der Waals surface area contributed by atoms with E-state index >= 15 is 0 Å². The third-order valence-corrected chi connectivity index (χ3v) is 2.44. The van der Waals surface area contributed by atoms with Gasteiger partial charge in [-0.05, 0) is 24.3 Å². The summed E-state index contributed by atoms with van der Waals surface area (Å²) < 4.78 is 40.7. The molecule has 0 bridgehead atoms.